The fourth-order valence-electron chi connectivity index (χ4n) is 3.58. The maximum absolute atomic E-state index is 13.5. The van der Waals surface area contributed by atoms with Gasteiger partial charge < -0.3 is 19.1 Å². The molecule has 0 aliphatic heterocycles. The minimum Gasteiger partial charge on any atom is -0.385 e. The van der Waals surface area contributed by atoms with E-state index >= 15 is 0 Å². The third kappa shape index (κ3) is 7.20. The fourth-order valence-corrected chi connectivity index (χ4v) is 3.71. The molecule has 33 heavy (non-hydrogen) atoms. The Morgan fingerprint density at radius 2 is 1.67 bits per heavy atom. The van der Waals surface area contributed by atoms with E-state index in [2.05, 4.69) is 0 Å². The van der Waals surface area contributed by atoms with Gasteiger partial charge in [-0.05, 0) is 48.4 Å². The second-order valence-corrected chi connectivity index (χ2v) is 8.36. The van der Waals surface area contributed by atoms with Crippen molar-refractivity contribution in [1.82, 2.24) is 14.4 Å². The molecular weight excluding hydrogens is 438 g/mol. The van der Waals surface area contributed by atoms with Gasteiger partial charge in [0, 0.05) is 56.3 Å². The van der Waals surface area contributed by atoms with Crippen LogP contribution in [0.1, 0.15) is 28.0 Å². The molecule has 0 saturated heterocycles. The van der Waals surface area contributed by atoms with Gasteiger partial charge in [-0.3, -0.25) is 9.59 Å². The standard InChI is InChI=1S/C26H30ClN3O3/c1-28-15-6-10-24(28)19-30(18-21-8-4-3-5-9-21)25(31)20-29(16-7-17-33-2)26(32)22-11-13-23(27)14-12-22/h3-6,8-15H,7,16-20H2,1-2H3. The van der Waals surface area contributed by atoms with Crippen molar-refractivity contribution >= 4 is 23.4 Å². The van der Waals surface area contributed by atoms with Crippen LogP contribution < -0.4 is 0 Å². The molecule has 0 saturated carbocycles. The fraction of sp³-hybridized carbons (Fsp3) is 0.308. The van der Waals surface area contributed by atoms with Crippen LogP contribution in [-0.2, 0) is 29.7 Å². The molecule has 1 aromatic heterocycles. The number of carbonyl (C=O) groups is 2. The van der Waals surface area contributed by atoms with E-state index in [0.717, 1.165) is 11.3 Å². The van der Waals surface area contributed by atoms with Gasteiger partial charge in [0.05, 0.1) is 6.54 Å². The number of carbonyl (C=O) groups excluding carboxylic acids is 2. The largest absolute Gasteiger partial charge is 0.385 e. The summed E-state index contributed by atoms with van der Waals surface area (Å²) in [6.45, 7) is 1.84. The van der Waals surface area contributed by atoms with E-state index in [1.807, 2.05) is 60.3 Å². The summed E-state index contributed by atoms with van der Waals surface area (Å²) in [5.74, 6) is -0.311. The summed E-state index contributed by atoms with van der Waals surface area (Å²) in [5.41, 5.74) is 2.56. The molecule has 6 nitrogen and oxygen atoms in total. The Balaban J connectivity index is 1.80. The van der Waals surface area contributed by atoms with Crippen molar-refractivity contribution in [2.75, 3.05) is 26.8 Å². The van der Waals surface area contributed by atoms with E-state index in [9.17, 15) is 9.59 Å². The van der Waals surface area contributed by atoms with Crippen LogP contribution >= 0.6 is 11.6 Å². The maximum Gasteiger partial charge on any atom is 0.254 e. The number of methoxy groups -OCH3 is 1. The summed E-state index contributed by atoms with van der Waals surface area (Å²) < 4.78 is 7.16. The van der Waals surface area contributed by atoms with Crippen LogP contribution in [0.25, 0.3) is 0 Å². The number of nitrogens with zero attached hydrogens (tertiary/aromatic N) is 3. The molecule has 0 aliphatic rings. The van der Waals surface area contributed by atoms with Gasteiger partial charge in [0.2, 0.25) is 5.91 Å². The first-order chi connectivity index (χ1) is 16.0. The molecule has 0 bridgehead atoms. The minimum atomic E-state index is -0.199. The lowest BCUT2D eigenvalue weighted by Gasteiger charge is -2.28. The van der Waals surface area contributed by atoms with Crippen LogP contribution in [0.5, 0.6) is 0 Å². The summed E-state index contributed by atoms with van der Waals surface area (Å²) >= 11 is 5.98. The van der Waals surface area contributed by atoms with Crippen LogP contribution in [0.15, 0.2) is 72.9 Å². The van der Waals surface area contributed by atoms with E-state index in [0.29, 0.717) is 43.2 Å². The first-order valence-electron chi connectivity index (χ1n) is 10.9. The summed E-state index contributed by atoms with van der Waals surface area (Å²) in [6.07, 6.45) is 2.60. The first-order valence-corrected chi connectivity index (χ1v) is 11.3. The van der Waals surface area contributed by atoms with Gasteiger partial charge in [-0.25, -0.2) is 0 Å². The Bertz CT molecular complexity index is 1030. The van der Waals surface area contributed by atoms with Crippen molar-refractivity contribution in [3.8, 4) is 0 Å². The van der Waals surface area contributed by atoms with Gasteiger partial charge in [0.15, 0.2) is 0 Å². The topological polar surface area (TPSA) is 54.8 Å². The Hall–Kier alpha value is -3.09. The zero-order chi connectivity index (χ0) is 23.6. The molecule has 2 aromatic carbocycles. The van der Waals surface area contributed by atoms with Crippen LogP contribution in [0.2, 0.25) is 5.02 Å². The van der Waals surface area contributed by atoms with Crippen molar-refractivity contribution in [1.29, 1.82) is 0 Å². The number of aromatic nitrogens is 1. The zero-order valence-corrected chi connectivity index (χ0v) is 19.9. The Labute approximate surface area is 200 Å². The van der Waals surface area contributed by atoms with Gasteiger partial charge in [-0.2, -0.15) is 0 Å². The van der Waals surface area contributed by atoms with Gasteiger partial charge in [0.1, 0.15) is 6.54 Å². The smallest absolute Gasteiger partial charge is 0.254 e. The number of ether oxygens (including phenoxy) is 1. The molecule has 174 valence electrons. The lowest BCUT2D eigenvalue weighted by atomic mass is 10.1. The molecule has 7 heteroatoms. The summed E-state index contributed by atoms with van der Waals surface area (Å²) in [5, 5.41) is 0.560. The molecule has 3 rings (SSSR count). The molecule has 1 heterocycles. The predicted molar refractivity (Wildman–Crippen MR) is 130 cm³/mol. The highest BCUT2D eigenvalue weighted by Gasteiger charge is 2.23. The molecule has 0 spiro atoms. The quantitative estimate of drug-likeness (QED) is 0.393. The van der Waals surface area contributed by atoms with E-state index in [4.69, 9.17) is 16.3 Å². The van der Waals surface area contributed by atoms with Crippen LogP contribution in [-0.4, -0.2) is 53.0 Å². The number of amides is 2. The summed E-state index contributed by atoms with van der Waals surface area (Å²) in [7, 11) is 3.58. The lowest BCUT2D eigenvalue weighted by Crippen LogP contribution is -2.43. The number of hydrogen-bond acceptors (Lipinski definition) is 3. The van der Waals surface area contributed by atoms with Crippen molar-refractivity contribution in [2.24, 2.45) is 7.05 Å². The Morgan fingerprint density at radius 1 is 0.939 bits per heavy atom. The molecular formula is C26H30ClN3O3. The molecule has 0 radical (unpaired) electrons. The lowest BCUT2D eigenvalue weighted by molar-refractivity contribution is -0.133. The highest BCUT2D eigenvalue weighted by atomic mass is 35.5. The highest BCUT2D eigenvalue weighted by Crippen LogP contribution is 2.15. The van der Waals surface area contributed by atoms with E-state index in [1.165, 1.54) is 0 Å². The number of aryl methyl sites for hydroxylation is 1. The Kier molecular flexibility index (Phi) is 9.10. The van der Waals surface area contributed by atoms with Gasteiger partial charge in [-0.15, -0.1) is 0 Å². The van der Waals surface area contributed by atoms with Crippen molar-refractivity contribution in [2.45, 2.75) is 19.5 Å². The number of hydrogen-bond donors (Lipinski definition) is 0. The van der Waals surface area contributed by atoms with E-state index in [1.54, 1.807) is 41.2 Å². The van der Waals surface area contributed by atoms with E-state index in [-0.39, 0.29) is 18.4 Å². The van der Waals surface area contributed by atoms with E-state index < -0.39 is 0 Å². The van der Waals surface area contributed by atoms with Crippen LogP contribution in [0, 0.1) is 0 Å². The number of rotatable bonds is 11. The molecule has 0 N–H and O–H groups in total. The third-order valence-corrected chi connectivity index (χ3v) is 5.71. The Morgan fingerprint density at radius 3 is 2.30 bits per heavy atom. The molecule has 0 aliphatic carbocycles. The highest BCUT2D eigenvalue weighted by molar-refractivity contribution is 6.30. The normalized spacial score (nSPS) is 10.8. The summed E-state index contributed by atoms with van der Waals surface area (Å²) in [4.78, 5) is 30.1. The van der Waals surface area contributed by atoms with Gasteiger partial charge >= 0.3 is 0 Å². The molecule has 2 amide bonds. The third-order valence-electron chi connectivity index (χ3n) is 5.45. The molecule has 0 fully saturated rings. The summed E-state index contributed by atoms with van der Waals surface area (Å²) in [6, 6.07) is 20.6. The second kappa shape index (κ2) is 12.2. The molecule has 3 aromatic rings. The first kappa shape index (κ1) is 24.6. The average molecular weight is 468 g/mol. The molecule has 0 unspecified atom stereocenters. The predicted octanol–water partition coefficient (Wildman–Crippen LogP) is 4.39. The van der Waals surface area contributed by atoms with Gasteiger partial charge in [0.25, 0.3) is 5.91 Å². The van der Waals surface area contributed by atoms with Crippen molar-refractivity contribution < 1.29 is 14.3 Å². The van der Waals surface area contributed by atoms with Gasteiger partial charge in [-0.1, -0.05) is 41.9 Å². The minimum absolute atomic E-state index is 0.0115. The SMILES string of the molecule is COCCCN(CC(=O)N(Cc1ccccc1)Cc1cccn1C)C(=O)c1ccc(Cl)cc1. The average Bonchev–Trinajstić information content (AvgIpc) is 3.23. The van der Waals surface area contributed by atoms with Crippen LogP contribution in [0.4, 0.5) is 0 Å². The van der Waals surface area contributed by atoms with Crippen molar-refractivity contribution in [3.63, 3.8) is 0 Å². The maximum atomic E-state index is 13.5. The zero-order valence-electron chi connectivity index (χ0n) is 19.1. The van der Waals surface area contributed by atoms with Crippen LogP contribution in [0.3, 0.4) is 0 Å². The van der Waals surface area contributed by atoms with Crippen molar-refractivity contribution in [3.05, 3.63) is 94.8 Å². The second-order valence-electron chi connectivity index (χ2n) is 7.93. The molecule has 0 atom stereocenters. The number of benzene rings is 2. The monoisotopic (exact) mass is 467 g/mol. The number of halogens is 1.